The van der Waals surface area contributed by atoms with E-state index in [4.69, 9.17) is 16.6 Å². The van der Waals surface area contributed by atoms with Gasteiger partial charge in [0.1, 0.15) is 12.3 Å². The zero-order valence-corrected chi connectivity index (χ0v) is 17.7. The Morgan fingerprint density at radius 2 is 1.71 bits per heavy atom. The molecule has 1 aliphatic rings. The number of carbonyl (C=O) groups excluding carboxylic acids is 4. The molecule has 174 valence electrons. The molecule has 0 bridgehead atoms. The fraction of sp³-hybridized carbons (Fsp3) is 0.450. The molecule has 0 aliphatic carbocycles. The Morgan fingerprint density at radius 1 is 1.16 bits per heavy atom. The van der Waals surface area contributed by atoms with Crippen LogP contribution in [0.3, 0.4) is 0 Å². The van der Waals surface area contributed by atoms with E-state index < -0.39 is 12.0 Å². The summed E-state index contributed by atoms with van der Waals surface area (Å²) < 4.78 is 4.21. The summed E-state index contributed by atoms with van der Waals surface area (Å²) in [6, 6.07) is 5.96. The van der Waals surface area contributed by atoms with Gasteiger partial charge in [0.15, 0.2) is 0 Å². The van der Waals surface area contributed by atoms with Crippen molar-refractivity contribution in [3.8, 4) is 0 Å². The zero-order valence-electron chi connectivity index (χ0n) is 17.7. The van der Waals surface area contributed by atoms with E-state index in [1.807, 2.05) is 0 Å². The number of cyclic esters (lactones) is 2. The number of aliphatic carboxylic acids is 1. The van der Waals surface area contributed by atoms with Gasteiger partial charge in [-0.15, -0.1) is 0 Å². The molecule has 31 heavy (non-hydrogen) atoms. The maximum absolute atomic E-state index is 10.6. The minimum Gasteiger partial charge on any atom is -0.480 e. The minimum atomic E-state index is -0.933. The van der Waals surface area contributed by atoms with E-state index in [0.717, 1.165) is 19.1 Å². The summed E-state index contributed by atoms with van der Waals surface area (Å²) in [4.78, 5) is 51.4. The number of carboxylic acids is 1. The van der Waals surface area contributed by atoms with E-state index in [-0.39, 0.29) is 24.0 Å². The highest BCUT2D eigenvalue weighted by Gasteiger charge is 2.16. The molecule has 11 heteroatoms. The standard InChI is InChI=1S/C9H9NO2.C6H14N2O2.C5H6O3.H3N/c1-7(12)10-9-4-2-8(6-11)3-5-9;7-4-2-1-3-5(8)6(9)10;6-4-2-1-3-5(7)8-4;/h2-6H,1H3,(H,10,12);5H,1-4,7-8H2,(H,9,10);1-3H2;1H3/t;5-;;/m.0../s1. The fourth-order valence-electron chi connectivity index (χ4n) is 2.09. The van der Waals surface area contributed by atoms with E-state index in [9.17, 15) is 24.0 Å². The van der Waals surface area contributed by atoms with Crippen molar-refractivity contribution >= 4 is 35.8 Å². The molecule has 1 heterocycles. The molecule has 0 saturated carbocycles. The summed E-state index contributed by atoms with van der Waals surface area (Å²) in [5, 5.41) is 10.9. The van der Waals surface area contributed by atoms with Crippen LogP contribution in [0.4, 0.5) is 5.69 Å². The van der Waals surface area contributed by atoms with Crippen LogP contribution in [0.15, 0.2) is 24.3 Å². The first-order chi connectivity index (χ1) is 14.2. The van der Waals surface area contributed by atoms with Gasteiger partial charge in [-0.3, -0.25) is 24.0 Å². The second-order valence-electron chi connectivity index (χ2n) is 6.35. The van der Waals surface area contributed by atoms with Gasteiger partial charge in [-0.25, -0.2) is 0 Å². The lowest BCUT2D eigenvalue weighted by atomic mass is 10.1. The van der Waals surface area contributed by atoms with E-state index in [2.05, 4.69) is 10.1 Å². The number of anilines is 1. The molecule has 1 aromatic carbocycles. The normalized spacial score (nSPS) is 13.0. The van der Waals surface area contributed by atoms with E-state index >= 15 is 0 Å². The topological polar surface area (TPSA) is 214 Å². The molecular weight excluding hydrogens is 408 g/mol. The van der Waals surface area contributed by atoms with Gasteiger partial charge in [0.05, 0.1) is 0 Å². The molecule has 0 unspecified atom stereocenters. The fourth-order valence-corrected chi connectivity index (χ4v) is 2.09. The van der Waals surface area contributed by atoms with Crippen molar-refractivity contribution in [2.75, 3.05) is 11.9 Å². The number of rotatable bonds is 7. The van der Waals surface area contributed by atoms with Gasteiger partial charge in [-0.1, -0.05) is 6.42 Å². The number of nitrogens with two attached hydrogens (primary N) is 2. The molecule has 9 N–H and O–H groups in total. The predicted octanol–water partition coefficient (Wildman–Crippen LogP) is 1.39. The lowest BCUT2D eigenvalue weighted by Crippen LogP contribution is -2.29. The van der Waals surface area contributed by atoms with Crippen LogP contribution in [-0.4, -0.2) is 47.8 Å². The van der Waals surface area contributed by atoms with Gasteiger partial charge in [-0.2, -0.15) is 0 Å². The molecule has 2 rings (SSSR count). The lowest BCUT2D eigenvalue weighted by Gasteiger charge is -2.06. The largest absolute Gasteiger partial charge is 0.480 e. The van der Waals surface area contributed by atoms with Crippen molar-refractivity contribution < 1.29 is 33.8 Å². The molecule has 0 aromatic heterocycles. The number of aldehydes is 1. The maximum Gasteiger partial charge on any atom is 0.320 e. The van der Waals surface area contributed by atoms with Crippen molar-refractivity contribution in [3.63, 3.8) is 0 Å². The first-order valence-electron chi connectivity index (χ1n) is 9.44. The number of ether oxygens (including phenoxy) is 1. The van der Waals surface area contributed by atoms with E-state index in [0.29, 0.717) is 43.5 Å². The maximum atomic E-state index is 10.6. The van der Waals surface area contributed by atoms with Gasteiger partial charge < -0.3 is 32.8 Å². The third kappa shape index (κ3) is 16.3. The monoisotopic (exact) mass is 440 g/mol. The Morgan fingerprint density at radius 3 is 2.06 bits per heavy atom. The number of carbonyl (C=O) groups is 5. The predicted molar refractivity (Wildman–Crippen MR) is 115 cm³/mol. The molecule has 1 fully saturated rings. The third-order valence-corrected chi connectivity index (χ3v) is 3.64. The Labute approximate surface area is 181 Å². The number of benzene rings is 1. The summed E-state index contributed by atoms with van der Waals surface area (Å²) in [5.74, 6) is -1.83. The summed E-state index contributed by atoms with van der Waals surface area (Å²) in [5.41, 5.74) is 11.7. The van der Waals surface area contributed by atoms with Crippen molar-refractivity contribution in [1.82, 2.24) is 6.15 Å². The van der Waals surface area contributed by atoms with Crippen LogP contribution in [-0.2, 0) is 23.9 Å². The van der Waals surface area contributed by atoms with Crippen LogP contribution in [0.25, 0.3) is 0 Å². The number of unbranched alkanes of at least 4 members (excludes halogenated alkanes) is 1. The molecule has 1 atom stereocenters. The molecule has 1 aromatic rings. The first-order valence-corrected chi connectivity index (χ1v) is 9.44. The van der Waals surface area contributed by atoms with Crippen LogP contribution in [0.5, 0.6) is 0 Å². The molecule has 1 saturated heterocycles. The van der Waals surface area contributed by atoms with Crippen LogP contribution in [0, 0.1) is 0 Å². The third-order valence-electron chi connectivity index (χ3n) is 3.64. The van der Waals surface area contributed by atoms with Crippen molar-refractivity contribution in [1.29, 1.82) is 0 Å². The van der Waals surface area contributed by atoms with Crippen LogP contribution >= 0.6 is 0 Å². The summed E-state index contributed by atoms with van der Waals surface area (Å²) >= 11 is 0. The van der Waals surface area contributed by atoms with Crippen molar-refractivity contribution in [2.24, 2.45) is 11.5 Å². The molecule has 11 nitrogen and oxygen atoms in total. The molecular formula is C20H32N4O7. The second-order valence-corrected chi connectivity index (χ2v) is 6.35. The number of amides is 1. The summed E-state index contributed by atoms with van der Waals surface area (Å²) in [6.07, 6.45) is 4.37. The van der Waals surface area contributed by atoms with Gasteiger partial charge in [0, 0.05) is 31.0 Å². The van der Waals surface area contributed by atoms with Gasteiger partial charge in [0.25, 0.3) is 0 Å². The number of esters is 2. The molecule has 0 spiro atoms. The van der Waals surface area contributed by atoms with Crippen LogP contribution in [0.2, 0.25) is 0 Å². The molecule has 0 radical (unpaired) electrons. The molecule has 1 aliphatic heterocycles. The van der Waals surface area contributed by atoms with Crippen LogP contribution in [0.1, 0.15) is 55.8 Å². The highest BCUT2D eigenvalue weighted by atomic mass is 16.6. The minimum absolute atomic E-state index is 0. The SMILES string of the molecule is CC(=O)Nc1ccc(C=O)cc1.N.NCCCC[C@H](N)C(=O)O.O=C1CCCC(=O)O1. The van der Waals surface area contributed by atoms with E-state index in [1.165, 1.54) is 6.92 Å². The number of nitrogens with one attached hydrogen (secondary N) is 1. The van der Waals surface area contributed by atoms with Crippen molar-refractivity contribution in [2.45, 2.75) is 51.5 Å². The Balaban J connectivity index is 0. The van der Waals surface area contributed by atoms with Gasteiger partial charge >= 0.3 is 17.9 Å². The number of hydrogen-bond donors (Lipinski definition) is 5. The summed E-state index contributed by atoms with van der Waals surface area (Å²) in [7, 11) is 0. The van der Waals surface area contributed by atoms with E-state index in [1.54, 1.807) is 24.3 Å². The van der Waals surface area contributed by atoms with Gasteiger partial charge in [0.2, 0.25) is 5.91 Å². The molecule has 1 amide bonds. The average Bonchev–Trinajstić information content (AvgIpc) is 2.69. The van der Waals surface area contributed by atoms with Crippen molar-refractivity contribution in [3.05, 3.63) is 29.8 Å². The lowest BCUT2D eigenvalue weighted by molar-refractivity contribution is -0.163. The Hall–Kier alpha value is -3.15. The highest BCUT2D eigenvalue weighted by molar-refractivity contribution is 5.89. The zero-order chi connectivity index (χ0) is 22.9. The second kappa shape index (κ2) is 17.7. The highest BCUT2D eigenvalue weighted by Crippen LogP contribution is 2.07. The Bertz CT molecular complexity index is 694. The summed E-state index contributed by atoms with van der Waals surface area (Å²) in [6.45, 7) is 2.04. The van der Waals surface area contributed by atoms with Gasteiger partial charge in [-0.05, 0) is 50.1 Å². The van der Waals surface area contributed by atoms with Crippen LogP contribution < -0.4 is 22.9 Å². The average molecular weight is 440 g/mol. The first kappa shape index (κ1) is 30.0. The smallest absolute Gasteiger partial charge is 0.320 e. The Kier molecular flexibility index (Phi) is 17.1. The number of hydrogen-bond acceptors (Lipinski definition) is 9. The quantitative estimate of drug-likeness (QED) is 0.178. The number of carboxylic acid groups (broad SMARTS) is 1.